The lowest BCUT2D eigenvalue weighted by atomic mass is 10.1. The van der Waals surface area contributed by atoms with Crippen LogP contribution >= 0.6 is 0 Å². The number of amides is 1. The summed E-state index contributed by atoms with van der Waals surface area (Å²) in [4.78, 5) is 24.7. The fourth-order valence-electron chi connectivity index (χ4n) is 4.48. The lowest BCUT2D eigenvalue weighted by Gasteiger charge is -2.26. The van der Waals surface area contributed by atoms with Crippen LogP contribution in [0.4, 0.5) is 0 Å². The second-order valence-electron chi connectivity index (χ2n) is 9.00. The van der Waals surface area contributed by atoms with Crippen molar-refractivity contribution in [2.24, 2.45) is 0 Å². The molecule has 2 fully saturated rings. The van der Waals surface area contributed by atoms with Crippen LogP contribution in [0.2, 0.25) is 0 Å². The maximum atomic E-state index is 13.1. The van der Waals surface area contributed by atoms with E-state index in [-0.39, 0.29) is 11.8 Å². The van der Waals surface area contributed by atoms with Gasteiger partial charge in [0.25, 0.3) is 11.9 Å². The zero-order chi connectivity index (χ0) is 24.9. The van der Waals surface area contributed by atoms with Crippen LogP contribution in [0.25, 0.3) is 17.2 Å². The van der Waals surface area contributed by atoms with Gasteiger partial charge in [-0.15, -0.1) is 0 Å². The number of morpholine rings is 1. The van der Waals surface area contributed by atoms with E-state index in [0.29, 0.717) is 35.2 Å². The van der Waals surface area contributed by atoms with Crippen molar-refractivity contribution in [1.29, 1.82) is 0 Å². The van der Waals surface area contributed by atoms with E-state index in [2.05, 4.69) is 20.3 Å². The standard InChI is InChI=1S/C26H32N6O4/c1-34-19-6-7-23(35-2)20(16-19)22-8-10-28-26(30-22)32-24(18-4-5-18)21(17-29-32)25(33)27-9-3-11-31-12-14-36-15-13-31/h6-8,10,16-18H,3-5,9,11-15H2,1-2H3,(H,27,33). The summed E-state index contributed by atoms with van der Waals surface area (Å²) >= 11 is 0. The van der Waals surface area contributed by atoms with Gasteiger partial charge in [0.1, 0.15) is 11.5 Å². The molecule has 1 saturated heterocycles. The number of nitrogens with zero attached hydrogens (tertiary/aromatic N) is 5. The molecule has 1 aliphatic heterocycles. The molecule has 0 radical (unpaired) electrons. The molecule has 10 nitrogen and oxygen atoms in total. The van der Waals surface area contributed by atoms with Crippen LogP contribution in [0.5, 0.6) is 11.5 Å². The maximum absolute atomic E-state index is 13.1. The van der Waals surface area contributed by atoms with Crippen molar-refractivity contribution >= 4 is 5.91 Å². The molecular formula is C26H32N6O4. The Morgan fingerprint density at radius 1 is 1.17 bits per heavy atom. The van der Waals surface area contributed by atoms with Crippen LogP contribution in [-0.2, 0) is 4.74 Å². The van der Waals surface area contributed by atoms with Crippen LogP contribution < -0.4 is 14.8 Å². The predicted molar refractivity (Wildman–Crippen MR) is 134 cm³/mol. The molecule has 36 heavy (non-hydrogen) atoms. The van der Waals surface area contributed by atoms with Crippen molar-refractivity contribution in [3.8, 4) is 28.7 Å². The zero-order valence-electron chi connectivity index (χ0n) is 20.8. The van der Waals surface area contributed by atoms with Gasteiger partial charge in [0.15, 0.2) is 0 Å². The number of rotatable bonds is 10. The minimum absolute atomic E-state index is 0.101. The molecule has 0 spiro atoms. The summed E-state index contributed by atoms with van der Waals surface area (Å²) in [6.07, 6.45) is 6.26. The zero-order valence-corrected chi connectivity index (χ0v) is 20.8. The quantitative estimate of drug-likeness (QED) is 0.431. The number of hydrogen-bond acceptors (Lipinski definition) is 8. The Morgan fingerprint density at radius 2 is 2.00 bits per heavy atom. The molecule has 5 rings (SSSR count). The van der Waals surface area contributed by atoms with E-state index < -0.39 is 0 Å². The van der Waals surface area contributed by atoms with Gasteiger partial charge in [-0.05, 0) is 50.1 Å². The van der Waals surface area contributed by atoms with Gasteiger partial charge in [0.2, 0.25) is 0 Å². The highest BCUT2D eigenvalue weighted by Gasteiger charge is 2.33. The largest absolute Gasteiger partial charge is 0.497 e. The van der Waals surface area contributed by atoms with Crippen molar-refractivity contribution < 1.29 is 19.0 Å². The number of nitrogens with one attached hydrogen (secondary N) is 1. The molecule has 1 N–H and O–H groups in total. The average molecular weight is 493 g/mol. The first-order chi connectivity index (χ1) is 17.7. The van der Waals surface area contributed by atoms with Crippen LogP contribution in [0.15, 0.2) is 36.7 Å². The summed E-state index contributed by atoms with van der Waals surface area (Å²) in [7, 11) is 3.25. The molecule has 0 bridgehead atoms. The van der Waals surface area contributed by atoms with Crippen LogP contribution in [0.3, 0.4) is 0 Å². The summed E-state index contributed by atoms with van der Waals surface area (Å²) in [5, 5.41) is 7.60. The first-order valence-corrected chi connectivity index (χ1v) is 12.4. The maximum Gasteiger partial charge on any atom is 0.254 e. The molecule has 3 heterocycles. The van der Waals surface area contributed by atoms with Crippen LogP contribution in [0, 0.1) is 0 Å². The third-order valence-electron chi connectivity index (χ3n) is 6.57. The molecule has 1 saturated carbocycles. The van der Waals surface area contributed by atoms with E-state index in [0.717, 1.165) is 63.4 Å². The van der Waals surface area contributed by atoms with Crippen LogP contribution in [0.1, 0.15) is 41.2 Å². The lowest BCUT2D eigenvalue weighted by Crippen LogP contribution is -2.38. The molecule has 190 valence electrons. The number of hydrogen-bond donors (Lipinski definition) is 1. The number of carbonyl (C=O) groups excluding carboxylic acids is 1. The molecule has 0 unspecified atom stereocenters. The van der Waals surface area contributed by atoms with E-state index in [1.165, 1.54) is 0 Å². The molecule has 2 aliphatic rings. The Kier molecular flexibility index (Phi) is 7.43. The average Bonchev–Trinajstić information content (AvgIpc) is 3.68. The van der Waals surface area contributed by atoms with E-state index >= 15 is 0 Å². The summed E-state index contributed by atoms with van der Waals surface area (Å²) in [6, 6.07) is 7.39. The highest BCUT2D eigenvalue weighted by molar-refractivity contribution is 5.95. The Labute approximate surface area is 210 Å². The lowest BCUT2D eigenvalue weighted by molar-refractivity contribution is 0.0374. The molecule has 3 aromatic rings. The Balaban J connectivity index is 1.34. The van der Waals surface area contributed by atoms with Gasteiger partial charge < -0.3 is 19.5 Å². The van der Waals surface area contributed by atoms with Gasteiger partial charge in [-0.25, -0.2) is 14.6 Å². The van der Waals surface area contributed by atoms with Gasteiger partial charge in [-0.1, -0.05) is 0 Å². The minimum Gasteiger partial charge on any atom is -0.497 e. The predicted octanol–water partition coefficient (Wildman–Crippen LogP) is 2.68. The van der Waals surface area contributed by atoms with Crippen molar-refractivity contribution in [3.05, 3.63) is 47.9 Å². The number of ether oxygens (including phenoxy) is 3. The van der Waals surface area contributed by atoms with Gasteiger partial charge in [0.05, 0.1) is 50.6 Å². The fraction of sp³-hybridized carbons (Fsp3) is 0.462. The summed E-state index contributed by atoms with van der Waals surface area (Å²) in [6.45, 7) is 5.04. The third-order valence-corrected chi connectivity index (χ3v) is 6.57. The van der Waals surface area contributed by atoms with Crippen molar-refractivity contribution in [1.82, 2.24) is 30.0 Å². The highest BCUT2D eigenvalue weighted by Crippen LogP contribution is 2.42. The Hall–Kier alpha value is -3.50. The van der Waals surface area contributed by atoms with Gasteiger partial charge >= 0.3 is 0 Å². The van der Waals surface area contributed by atoms with E-state index in [1.807, 2.05) is 24.3 Å². The molecule has 1 aliphatic carbocycles. The van der Waals surface area contributed by atoms with Gasteiger partial charge in [0, 0.05) is 37.3 Å². The third kappa shape index (κ3) is 5.34. The highest BCUT2D eigenvalue weighted by atomic mass is 16.5. The second kappa shape index (κ2) is 11.0. The molecule has 10 heteroatoms. The topological polar surface area (TPSA) is 104 Å². The first kappa shape index (κ1) is 24.2. The first-order valence-electron chi connectivity index (χ1n) is 12.4. The molecule has 0 atom stereocenters. The van der Waals surface area contributed by atoms with Gasteiger partial charge in [-0.2, -0.15) is 5.10 Å². The molecular weight excluding hydrogens is 460 g/mol. The number of carbonyl (C=O) groups is 1. The monoisotopic (exact) mass is 492 g/mol. The normalized spacial score (nSPS) is 16.1. The van der Waals surface area contributed by atoms with Crippen molar-refractivity contribution in [3.63, 3.8) is 0 Å². The van der Waals surface area contributed by atoms with Gasteiger partial charge in [-0.3, -0.25) is 9.69 Å². The van der Waals surface area contributed by atoms with E-state index in [1.54, 1.807) is 31.3 Å². The number of methoxy groups -OCH3 is 2. The Morgan fingerprint density at radius 3 is 2.75 bits per heavy atom. The smallest absolute Gasteiger partial charge is 0.254 e. The van der Waals surface area contributed by atoms with E-state index in [4.69, 9.17) is 19.2 Å². The fourth-order valence-corrected chi connectivity index (χ4v) is 4.48. The molecule has 1 aromatic carbocycles. The van der Waals surface area contributed by atoms with E-state index in [9.17, 15) is 4.79 Å². The SMILES string of the molecule is COc1ccc(OC)c(-c2ccnc(-n3ncc(C(=O)NCCCN4CCOCC4)c3C3CC3)n2)c1. The second-order valence-corrected chi connectivity index (χ2v) is 9.00. The number of aromatic nitrogens is 4. The summed E-state index contributed by atoms with van der Waals surface area (Å²) in [5.74, 6) is 1.98. The van der Waals surface area contributed by atoms with Crippen molar-refractivity contribution in [2.75, 3.05) is 53.6 Å². The van der Waals surface area contributed by atoms with Crippen LogP contribution in [-0.4, -0.2) is 84.2 Å². The Bertz CT molecular complexity index is 1200. The minimum atomic E-state index is -0.101. The summed E-state index contributed by atoms with van der Waals surface area (Å²) in [5.41, 5.74) is 2.94. The van der Waals surface area contributed by atoms with Crippen molar-refractivity contribution in [2.45, 2.75) is 25.2 Å². The molecule has 2 aromatic heterocycles. The summed E-state index contributed by atoms with van der Waals surface area (Å²) < 4.78 is 18.0. The number of benzene rings is 1. The molecule has 1 amide bonds.